The molecule has 0 unspecified atom stereocenters. The predicted molar refractivity (Wildman–Crippen MR) is 121 cm³/mol. The molecule has 32 heavy (non-hydrogen) atoms. The molecule has 0 atom stereocenters. The highest BCUT2D eigenvalue weighted by Gasteiger charge is 2.08. The maximum atomic E-state index is 12.1. The summed E-state index contributed by atoms with van der Waals surface area (Å²) < 4.78 is 0. The molecule has 2 heterocycles. The first kappa shape index (κ1) is 21.4. The van der Waals surface area contributed by atoms with E-state index in [2.05, 4.69) is 36.2 Å². The van der Waals surface area contributed by atoms with Crippen LogP contribution in [0.1, 0.15) is 12.8 Å². The highest BCUT2D eigenvalue weighted by molar-refractivity contribution is 6.30. The van der Waals surface area contributed by atoms with E-state index in [4.69, 9.17) is 11.6 Å². The van der Waals surface area contributed by atoms with Gasteiger partial charge in [-0.25, -0.2) is 5.10 Å². The second-order valence-corrected chi connectivity index (χ2v) is 7.48. The molecular weight excluding hydrogens is 432 g/mol. The molecule has 1 amide bonds. The van der Waals surface area contributed by atoms with Gasteiger partial charge in [-0.2, -0.15) is 9.90 Å². The molecule has 0 saturated carbocycles. The monoisotopic (exact) mass is 452 g/mol. The van der Waals surface area contributed by atoms with Crippen LogP contribution < -0.4 is 16.2 Å². The number of aromatic amines is 1. The molecule has 164 valence electrons. The predicted octanol–water partition coefficient (Wildman–Crippen LogP) is 2.24. The Morgan fingerprint density at radius 2 is 1.84 bits per heavy atom. The maximum absolute atomic E-state index is 12.1. The lowest BCUT2D eigenvalue weighted by Crippen LogP contribution is -2.27. The summed E-state index contributed by atoms with van der Waals surface area (Å²) in [5.41, 5.74) is 0.586. The van der Waals surface area contributed by atoms with Crippen LogP contribution in [0.2, 0.25) is 5.02 Å². The van der Waals surface area contributed by atoms with E-state index in [1.165, 1.54) is 4.80 Å². The van der Waals surface area contributed by atoms with E-state index in [1.54, 1.807) is 18.2 Å². The van der Waals surface area contributed by atoms with Crippen molar-refractivity contribution in [1.82, 2.24) is 35.7 Å². The van der Waals surface area contributed by atoms with Gasteiger partial charge in [0, 0.05) is 35.5 Å². The number of hydrogen-bond acceptors (Lipinski definition) is 7. The molecule has 0 aliphatic carbocycles. The fourth-order valence-electron chi connectivity index (χ4n) is 3.11. The summed E-state index contributed by atoms with van der Waals surface area (Å²) in [7, 11) is 0. The number of H-pyrrole nitrogens is 1. The lowest BCUT2D eigenvalue weighted by molar-refractivity contribution is -0.121. The summed E-state index contributed by atoms with van der Waals surface area (Å²) >= 11 is 5.88. The maximum Gasteiger partial charge on any atom is 0.272 e. The second kappa shape index (κ2) is 10.0. The molecule has 4 rings (SSSR count). The first-order chi connectivity index (χ1) is 15.6. The molecule has 11 heteroatoms. The summed E-state index contributed by atoms with van der Waals surface area (Å²) in [6.07, 6.45) is 0.944. The summed E-state index contributed by atoms with van der Waals surface area (Å²) in [6, 6.07) is 14.4. The van der Waals surface area contributed by atoms with Crippen molar-refractivity contribution < 1.29 is 4.79 Å². The molecule has 0 aliphatic heterocycles. The van der Waals surface area contributed by atoms with E-state index in [9.17, 15) is 9.59 Å². The van der Waals surface area contributed by atoms with Crippen LogP contribution in [0.5, 0.6) is 0 Å². The van der Waals surface area contributed by atoms with Crippen LogP contribution in [0.15, 0.2) is 53.3 Å². The zero-order valence-electron chi connectivity index (χ0n) is 17.1. The summed E-state index contributed by atoms with van der Waals surface area (Å²) in [6.45, 7) is 1.43. The standard InChI is InChI=1S/C21H21ClN8O2/c22-15-8-6-14(7-9-15)19-26-29-30(28-19)13-10-18(31)23-11-3-12-24-20-16-4-1-2-5-17(16)21(32)27-25-20/h1-2,4-9H,3,10-13H2,(H,23,31)(H,24,25)(H,27,32). The molecule has 10 nitrogen and oxygen atoms in total. The van der Waals surface area contributed by atoms with Gasteiger partial charge in [0.05, 0.1) is 11.9 Å². The van der Waals surface area contributed by atoms with Gasteiger partial charge in [0.1, 0.15) is 0 Å². The number of carbonyl (C=O) groups is 1. The number of aromatic nitrogens is 6. The molecule has 0 saturated heterocycles. The average molecular weight is 453 g/mol. The lowest BCUT2D eigenvalue weighted by atomic mass is 10.2. The molecule has 0 bridgehead atoms. The van der Waals surface area contributed by atoms with Crippen molar-refractivity contribution in [3.63, 3.8) is 0 Å². The Labute approximate surface area is 188 Å². The van der Waals surface area contributed by atoms with Gasteiger partial charge >= 0.3 is 0 Å². The third-order valence-corrected chi connectivity index (χ3v) is 5.01. The van der Waals surface area contributed by atoms with E-state index in [0.29, 0.717) is 48.1 Å². The number of anilines is 1. The minimum absolute atomic E-state index is 0.0945. The van der Waals surface area contributed by atoms with Gasteiger partial charge in [-0.05, 0) is 42.0 Å². The van der Waals surface area contributed by atoms with E-state index in [1.807, 2.05) is 30.3 Å². The third kappa shape index (κ3) is 5.27. The third-order valence-electron chi connectivity index (χ3n) is 4.76. The molecule has 0 fully saturated rings. The number of halogens is 1. The molecular formula is C21H21ClN8O2. The number of carbonyl (C=O) groups excluding carboxylic acids is 1. The van der Waals surface area contributed by atoms with Gasteiger partial charge in [0.15, 0.2) is 5.82 Å². The Hall–Kier alpha value is -3.79. The highest BCUT2D eigenvalue weighted by atomic mass is 35.5. The normalized spacial score (nSPS) is 10.9. The van der Waals surface area contributed by atoms with Crippen LogP contribution in [0.3, 0.4) is 0 Å². The number of tetrazole rings is 1. The first-order valence-corrected chi connectivity index (χ1v) is 10.5. The Morgan fingerprint density at radius 3 is 2.66 bits per heavy atom. The number of fused-ring (bicyclic) bond motifs is 1. The fourth-order valence-corrected chi connectivity index (χ4v) is 3.24. The van der Waals surface area contributed by atoms with Crippen LogP contribution in [-0.4, -0.2) is 49.4 Å². The number of rotatable bonds is 9. The van der Waals surface area contributed by atoms with Crippen molar-refractivity contribution in [2.45, 2.75) is 19.4 Å². The van der Waals surface area contributed by atoms with E-state index >= 15 is 0 Å². The lowest BCUT2D eigenvalue weighted by Gasteiger charge is -2.08. The number of hydrogen-bond donors (Lipinski definition) is 3. The van der Waals surface area contributed by atoms with E-state index in [0.717, 1.165) is 10.9 Å². The molecule has 3 N–H and O–H groups in total. The van der Waals surface area contributed by atoms with Crippen LogP contribution in [-0.2, 0) is 11.3 Å². The van der Waals surface area contributed by atoms with Crippen LogP contribution in [0, 0.1) is 0 Å². The van der Waals surface area contributed by atoms with Crippen molar-refractivity contribution in [2.75, 3.05) is 18.4 Å². The van der Waals surface area contributed by atoms with Gasteiger partial charge in [0.25, 0.3) is 5.56 Å². The Morgan fingerprint density at radius 1 is 1.06 bits per heavy atom. The first-order valence-electron chi connectivity index (χ1n) is 10.1. The number of benzene rings is 2. The second-order valence-electron chi connectivity index (χ2n) is 7.04. The van der Waals surface area contributed by atoms with Crippen molar-refractivity contribution in [3.8, 4) is 11.4 Å². The van der Waals surface area contributed by atoms with Crippen molar-refractivity contribution >= 4 is 34.1 Å². The van der Waals surface area contributed by atoms with E-state index in [-0.39, 0.29) is 17.9 Å². The summed E-state index contributed by atoms with van der Waals surface area (Å²) in [5.74, 6) is 1.000. The Balaban J connectivity index is 1.18. The van der Waals surface area contributed by atoms with Crippen LogP contribution in [0.4, 0.5) is 5.82 Å². The van der Waals surface area contributed by atoms with E-state index < -0.39 is 0 Å². The Kier molecular flexibility index (Phi) is 6.71. The topological polar surface area (TPSA) is 130 Å². The average Bonchev–Trinajstić information content (AvgIpc) is 3.28. The van der Waals surface area contributed by atoms with Crippen molar-refractivity contribution in [2.24, 2.45) is 0 Å². The fraction of sp³-hybridized carbons (Fsp3) is 0.238. The van der Waals surface area contributed by atoms with Crippen LogP contribution >= 0.6 is 11.6 Å². The van der Waals surface area contributed by atoms with Crippen molar-refractivity contribution in [1.29, 1.82) is 0 Å². The summed E-state index contributed by atoms with van der Waals surface area (Å²) in [4.78, 5) is 25.3. The molecule has 0 aliphatic rings. The van der Waals surface area contributed by atoms with Gasteiger partial charge in [-0.15, -0.1) is 10.2 Å². The smallest absolute Gasteiger partial charge is 0.272 e. The molecule has 0 radical (unpaired) electrons. The zero-order valence-corrected chi connectivity index (χ0v) is 17.8. The van der Waals surface area contributed by atoms with Crippen LogP contribution in [0.25, 0.3) is 22.2 Å². The Bertz CT molecular complexity index is 1270. The summed E-state index contributed by atoms with van der Waals surface area (Å²) in [5, 5.41) is 26.9. The SMILES string of the molecule is O=C(CCn1nnc(-c2ccc(Cl)cc2)n1)NCCCNc1n[nH]c(=O)c2ccccc12. The molecule has 0 spiro atoms. The van der Waals surface area contributed by atoms with Gasteiger partial charge < -0.3 is 10.6 Å². The van der Waals surface area contributed by atoms with Crippen molar-refractivity contribution in [3.05, 3.63) is 63.9 Å². The van der Waals surface area contributed by atoms with Gasteiger partial charge in [-0.3, -0.25) is 9.59 Å². The molecule has 2 aromatic carbocycles. The molecule has 2 aromatic heterocycles. The molecule has 4 aromatic rings. The minimum Gasteiger partial charge on any atom is -0.368 e. The number of amides is 1. The number of aryl methyl sites for hydroxylation is 1. The zero-order chi connectivity index (χ0) is 22.3. The largest absolute Gasteiger partial charge is 0.368 e. The number of nitrogens with zero attached hydrogens (tertiary/aromatic N) is 5. The van der Waals surface area contributed by atoms with Gasteiger partial charge in [0.2, 0.25) is 11.7 Å². The van der Waals surface area contributed by atoms with Gasteiger partial charge in [-0.1, -0.05) is 29.8 Å². The number of nitrogens with one attached hydrogen (secondary N) is 3. The highest BCUT2D eigenvalue weighted by Crippen LogP contribution is 2.17. The minimum atomic E-state index is -0.222. The quantitative estimate of drug-likeness (QED) is 0.332.